The first-order chi connectivity index (χ1) is 11.6. The third-order valence-electron chi connectivity index (χ3n) is 3.16. The summed E-state index contributed by atoms with van der Waals surface area (Å²) in [6.07, 6.45) is 0. The van der Waals surface area contributed by atoms with Gasteiger partial charge in [0.15, 0.2) is 11.6 Å². The molecule has 0 heterocycles. The van der Waals surface area contributed by atoms with Crippen molar-refractivity contribution in [1.82, 2.24) is 0 Å². The van der Waals surface area contributed by atoms with Crippen LogP contribution < -0.4 is 14.8 Å². The van der Waals surface area contributed by atoms with Crippen LogP contribution in [-0.4, -0.2) is 32.8 Å². The van der Waals surface area contributed by atoms with Gasteiger partial charge in [0.05, 0.1) is 13.2 Å². The summed E-state index contributed by atoms with van der Waals surface area (Å²) in [5.41, 5.74) is 0.810. The number of ether oxygens (including phenoxy) is 3. The monoisotopic (exact) mass is 333 g/mol. The summed E-state index contributed by atoms with van der Waals surface area (Å²) >= 11 is 0. The smallest absolute Gasteiger partial charge is 0.255 e. The molecule has 0 saturated heterocycles. The summed E-state index contributed by atoms with van der Waals surface area (Å²) in [5.74, 6) is -0.0649. The van der Waals surface area contributed by atoms with Crippen molar-refractivity contribution in [3.05, 3.63) is 53.8 Å². The van der Waals surface area contributed by atoms with Crippen LogP contribution in [0.2, 0.25) is 0 Å². The minimum atomic E-state index is -0.546. The van der Waals surface area contributed by atoms with Crippen molar-refractivity contribution in [3.8, 4) is 11.5 Å². The fraction of sp³-hybridized carbons (Fsp3) is 0.278. The van der Waals surface area contributed by atoms with Crippen molar-refractivity contribution in [2.75, 3.05) is 32.2 Å². The second kappa shape index (κ2) is 8.88. The van der Waals surface area contributed by atoms with Crippen LogP contribution in [0.5, 0.6) is 11.5 Å². The zero-order valence-electron chi connectivity index (χ0n) is 13.7. The molecule has 0 aliphatic rings. The van der Waals surface area contributed by atoms with Crippen molar-refractivity contribution < 1.29 is 23.4 Å². The molecule has 0 aromatic heterocycles. The SMILES string of the molecule is CCOc1ccc(C(=O)Nc2ccc(OCCOC)c(F)c2)cc1. The molecule has 0 saturated carbocycles. The van der Waals surface area contributed by atoms with E-state index in [1.807, 2.05) is 6.92 Å². The Bertz CT molecular complexity index is 673. The van der Waals surface area contributed by atoms with Crippen molar-refractivity contribution in [3.63, 3.8) is 0 Å². The number of benzene rings is 2. The lowest BCUT2D eigenvalue weighted by Gasteiger charge is -2.10. The van der Waals surface area contributed by atoms with E-state index in [4.69, 9.17) is 14.2 Å². The van der Waals surface area contributed by atoms with Gasteiger partial charge < -0.3 is 19.5 Å². The Balaban J connectivity index is 1.99. The number of rotatable bonds is 8. The number of carbonyl (C=O) groups excluding carboxylic acids is 1. The van der Waals surface area contributed by atoms with Gasteiger partial charge in [-0.05, 0) is 43.3 Å². The molecule has 1 N–H and O–H groups in total. The average molecular weight is 333 g/mol. The number of anilines is 1. The van der Waals surface area contributed by atoms with E-state index in [1.54, 1.807) is 37.4 Å². The number of amides is 1. The van der Waals surface area contributed by atoms with Gasteiger partial charge in [-0.3, -0.25) is 4.79 Å². The Hall–Kier alpha value is -2.60. The van der Waals surface area contributed by atoms with Gasteiger partial charge in [-0.1, -0.05) is 0 Å². The highest BCUT2D eigenvalue weighted by atomic mass is 19.1. The first-order valence-corrected chi connectivity index (χ1v) is 7.59. The number of methoxy groups -OCH3 is 1. The van der Waals surface area contributed by atoms with E-state index in [9.17, 15) is 9.18 Å². The Kier molecular flexibility index (Phi) is 6.57. The number of nitrogens with one attached hydrogen (secondary N) is 1. The number of hydrogen-bond donors (Lipinski definition) is 1. The van der Waals surface area contributed by atoms with E-state index in [2.05, 4.69) is 5.32 Å². The van der Waals surface area contributed by atoms with E-state index < -0.39 is 5.82 Å². The zero-order chi connectivity index (χ0) is 17.4. The zero-order valence-corrected chi connectivity index (χ0v) is 13.7. The third-order valence-corrected chi connectivity index (χ3v) is 3.16. The molecule has 24 heavy (non-hydrogen) atoms. The topological polar surface area (TPSA) is 56.8 Å². The summed E-state index contributed by atoms with van der Waals surface area (Å²) in [7, 11) is 1.54. The lowest BCUT2D eigenvalue weighted by atomic mass is 10.2. The minimum absolute atomic E-state index is 0.117. The number of carbonyl (C=O) groups is 1. The number of hydrogen-bond acceptors (Lipinski definition) is 4. The van der Waals surface area contributed by atoms with Crippen molar-refractivity contribution in [2.45, 2.75) is 6.92 Å². The Morgan fingerprint density at radius 1 is 1.08 bits per heavy atom. The molecule has 2 aromatic carbocycles. The molecule has 2 aromatic rings. The lowest BCUT2D eigenvalue weighted by Crippen LogP contribution is -2.12. The van der Waals surface area contributed by atoms with Crippen LogP contribution in [0.1, 0.15) is 17.3 Å². The molecule has 0 radical (unpaired) electrons. The summed E-state index contributed by atoms with van der Waals surface area (Å²) < 4.78 is 29.3. The molecule has 0 unspecified atom stereocenters. The van der Waals surface area contributed by atoms with Gasteiger partial charge in [-0.15, -0.1) is 0 Å². The van der Waals surface area contributed by atoms with Gasteiger partial charge >= 0.3 is 0 Å². The predicted molar refractivity (Wildman–Crippen MR) is 89.3 cm³/mol. The minimum Gasteiger partial charge on any atom is -0.494 e. The van der Waals surface area contributed by atoms with Crippen LogP contribution in [0.15, 0.2) is 42.5 Å². The Morgan fingerprint density at radius 3 is 2.46 bits per heavy atom. The summed E-state index contributed by atoms with van der Waals surface area (Å²) in [6, 6.07) is 11.0. The first-order valence-electron chi connectivity index (χ1n) is 7.59. The van der Waals surface area contributed by atoms with E-state index in [0.717, 1.165) is 0 Å². The highest BCUT2D eigenvalue weighted by Gasteiger charge is 2.09. The predicted octanol–water partition coefficient (Wildman–Crippen LogP) is 3.50. The van der Waals surface area contributed by atoms with Gasteiger partial charge in [0.2, 0.25) is 0 Å². The molecule has 6 heteroatoms. The highest BCUT2D eigenvalue weighted by Crippen LogP contribution is 2.22. The molecule has 1 amide bonds. The molecule has 0 atom stereocenters. The van der Waals surface area contributed by atoms with E-state index in [1.165, 1.54) is 12.1 Å². The molecule has 0 bridgehead atoms. The fourth-order valence-corrected chi connectivity index (χ4v) is 2.00. The molecular formula is C18H20FNO4. The molecule has 2 rings (SSSR count). The van der Waals surface area contributed by atoms with Crippen molar-refractivity contribution in [1.29, 1.82) is 0 Å². The quantitative estimate of drug-likeness (QED) is 0.751. The standard InChI is InChI=1S/C18H20FNO4/c1-3-23-15-7-4-13(5-8-15)18(21)20-14-6-9-17(16(19)12-14)24-11-10-22-2/h4-9,12H,3,10-11H2,1-2H3,(H,20,21). The average Bonchev–Trinajstić information content (AvgIpc) is 2.58. The van der Waals surface area contributed by atoms with Gasteiger partial charge in [-0.25, -0.2) is 4.39 Å². The Morgan fingerprint density at radius 2 is 1.83 bits per heavy atom. The summed E-state index contributed by atoms with van der Waals surface area (Å²) in [5, 5.41) is 2.64. The van der Waals surface area contributed by atoms with Crippen LogP contribution in [0.4, 0.5) is 10.1 Å². The normalized spacial score (nSPS) is 10.3. The van der Waals surface area contributed by atoms with E-state index in [-0.39, 0.29) is 18.3 Å². The molecule has 0 spiro atoms. The maximum Gasteiger partial charge on any atom is 0.255 e. The van der Waals surface area contributed by atoms with Crippen LogP contribution >= 0.6 is 0 Å². The third kappa shape index (κ3) is 4.96. The Labute approximate surface area is 140 Å². The van der Waals surface area contributed by atoms with Crippen LogP contribution in [-0.2, 0) is 4.74 Å². The largest absolute Gasteiger partial charge is 0.494 e. The molecule has 128 valence electrons. The summed E-state index contributed by atoms with van der Waals surface area (Å²) in [4.78, 5) is 12.2. The fourth-order valence-electron chi connectivity index (χ4n) is 2.00. The van der Waals surface area contributed by atoms with E-state index >= 15 is 0 Å². The van der Waals surface area contributed by atoms with Crippen LogP contribution in [0.25, 0.3) is 0 Å². The molecule has 0 fully saturated rings. The van der Waals surface area contributed by atoms with Gasteiger partial charge in [0.1, 0.15) is 12.4 Å². The lowest BCUT2D eigenvalue weighted by molar-refractivity contribution is 0.102. The van der Waals surface area contributed by atoms with E-state index in [0.29, 0.717) is 30.2 Å². The molecule has 0 aliphatic carbocycles. The maximum absolute atomic E-state index is 13.9. The van der Waals surface area contributed by atoms with Gasteiger partial charge in [-0.2, -0.15) is 0 Å². The molecule has 0 aliphatic heterocycles. The molecule has 5 nitrogen and oxygen atoms in total. The second-order valence-electron chi connectivity index (χ2n) is 4.90. The second-order valence-corrected chi connectivity index (χ2v) is 4.90. The summed E-state index contributed by atoms with van der Waals surface area (Å²) in [6.45, 7) is 3.07. The first kappa shape index (κ1) is 17.7. The maximum atomic E-state index is 13.9. The van der Waals surface area contributed by atoms with Crippen molar-refractivity contribution in [2.24, 2.45) is 0 Å². The van der Waals surface area contributed by atoms with Crippen LogP contribution in [0, 0.1) is 5.82 Å². The van der Waals surface area contributed by atoms with Crippen molar-refractivity contribution >= 4 is 11.6 Å². The molecular weight excluding hydrogens is 313 g/mol. The van der Waals surface area contributed by atoms with Gasteiger partial charge in [0.25, 0.3) is 5.91 Å². The number of halogens is 1. The highest BCUT2D eigenvalue weighted by molar-refractivity contribution is 6.04. The van der Waals surface area contributed by atoms with Crippen LogP contribution in [0.3, 0.4) is 0 Å². The van der Waals surface area contributed by atoms with Gasteiger partial charge in [0, 0.05) is 24.4 Å².